The Balaban J connectivity index is 1.48. The summed E-state index contributed by atoms with van der Waals surface area (Å²) in [6.45, 7) is 4.76. The third kappa shape index (κ3) is 4.36. The number of furan rings is 1. The van der Waals surface area contributed by atoms with Crippen LogP contribution < -0.4 is 14.8 Å². The second-order valence-electron chi connectivity index (χ2n) is 7.32. The smallest absolute Gasteiger partial charge is 0.291 e. The van der Waals surface area contributed by atoms with Gasteiger partial charge in [-0.1, -0.05) is 6.07 Å². The molecule has 0 bridgehead atoms. The van der Waals surface area contributed by atoms with E-state index in [1.54, 1.807) is 37.2 Å². The molecule has 4 rings (SSSR count). The zero-order valence-electron chi connectivity index (χ0n) is 18.5. The van der Waals surface area contributed by atoms with Gasteiger partial charge in [0.2, 0.25) is 0 Å². The molecule has 0 radical (unpaired) electrons. The van der Waals surface area contributed by atoms with Crippen molar-refractivity contribution in [1.29, 1.82) is 0 Å². The first-order chi connectivity index (χ1) is 15.5. The third-order valence-corrected chi connectivity index (χ3v) is 5.16. The third-order valence-electron chi connectivity index (χ3n) is 5.16. The maximum Gasteiger partial charge on any atom is 0.291 e. The van der Waals surface area contributed by atoms with Crippen LogP contribution in [0, 0.1) is 13.8 Å². The number of benzene rings is 1. The maximum absolute atomic E-state index is 12.8. The van der Waals surface area contributed by atoms with Crippen molar-refractivity contribution >= 4 is 11.6 Å². The van der Waals surface area contributed by atoms with Gasteiger partial charge in [-0.05, 0) is 49.7 Å². The first kappa shape index (κ1) is 21.2. The second-order valence-corrected chi connectivity index (χ2v) is 7.32. The number of hydrogen-bond donors (Lipinski definition) is 1. The predicted molar refractivity (Wildman–Crippen MR) is 118 cm³/mol. The molecule has 3 aromatic heterocycles. The molecule has 32 heavy (non-hydrogen) atoms. The van der Waals surface area contributed by atoms with E-state index < -0.39 is 0 Å². The molecule has 1 aromatic carbocycles. The minimum Gasteiger partial charge on any atom is -0.493 e. The lowest BCUT2D eigenvalue weighted by molar-refractivity contribution is 0.0994. The summed E-state index contributed by atoms with van der Waals surface area (Å²) in [6.07, 6.45) is 3.53. The van der Waals surface area contributed by atoms with E-state index in [0.717, 1.165) is 17.0 Å². The van der Waals surface area contributed by atoms with E-state index in [1.807, 2.05) is 49.0 Å². The molecule has 0 saturated carbocycles. The number of nitrogens with zero attached hydrogens (tertiary/aromatic N) is 4. The zero-order valence-corrected chi connectivity index (χ0v) is 18.5. The van der Waals surface area contributed by atoms with Gasteiger partial charge in [-0.15, -0.1) is 0 Å². The molecule has 0 aliphatic carbocycles. The lowest BCUT2D eigenvalue weighted by Gasteiger charge is -2.11. The van der Waals surface area contributed by atoms with Gasteiger partial charge >= 0.3 is 0 Å². The number of methoxy groups -OCH3 is 2. The molecule has 4 aromatic rings. The summed E-state index contributed by atoms with van der Waals surface area (Å²) in [5, 5.41) is 11.7. The highest BCUT2D eigenvalue weighted by atomic mass is 16.5. The van der Waals surface area contributed by atoms with Crippen molar-refractivity contribution in [2.45, 2.75) is 26.9 Å². The Morgan fingerprint density at radius 1 is 1.09 bits per heavy atom. The minimum atomic E-state index is -0.325. The van der Waals surface area contributed by atoms with Crippen LogP contribution in [0.3, 0.4) is 0 Å². The molecular formula is C23H25N5O4. The van der Waals surface area contributed by atoms with Gasteiger partial charge < -0.3 is 19.2 Å². The van der Waals surface area contributed by atoms with Gasteiger partial charge in [0.1, 0.15) is 5.76 Å². The highest BCUT2D eigenvalue weighted by Gasteiger charge is 2.18. The fraction of sp³-hybridized carbons (Fsp3) is 0.261. The van der Waals surface area contributed by atoms with E-state index in [1.165, 1.54) is 0 Å². The van der Waals surface area contributed by atoms with Crippen molar-refractivity contribution in [2.75, 3.05) is 19.5 Å². The monoisotopic (exact) mass is 435 g/mol. The van der Waals surface area contributed by atoms with Crippen LogP contribution in [0.2, 0.25) is 0 Å². The molecule has 9 heteroatoms. The number of carbonyl (C=O) groups excluding carboxylic acids is 1. The van der Waals surface area contributed by atoms with E-state index in [2.05, 4.69) is 15.5 Å². The number of nitrogens with one attached hydrogen (secondary N) is 1. The normalized spacial score (nSPS) is 10.9. The van der Waals surface area contributed by atoms with Gasteiger partial charge in [-0.2, -0.15) is 10.2 Å². The van der Waals surface area contributed by atoms with E-state index in [-0.39, 0.29) is 11.7 Å². The SMILES string of the molecule is COc1ccc(Cn2nc(C)c(NC(=O)c3ccc(Cn4cccn4)o3)c2C)cc1OC. The molecule has 0 aliphatic rings. The van der Waals surface area contributed by atoms with Gasteiger partial charge in [0.05, 0.1) is 44.4 Å². The van der Waals surface area contributed by atoms with E-state index in [0.29, 0.717) is 36.0 Å². The first-order valence-electron chi connectivity index (χ1n) is 10.1. The van der Waals surface area contributed by atoms with Gasteiger partial charge in [0.25, 0.3) is 5.91 Å². The Labute approximate surface area is 185 Å². The lowest BCUT2D eigenvalue weighted by Crippen LogP contribution is -2.12. The summed E-state index contributed by atoms with van der Waals surface area (Å²) in [7, 11) is 3.21. The molecular weight excluding hydrogens is 410 g/mol. The van der Waals surface area contributed by atoms with Crippen molar-refractivity contribution in [3.8, 4) is 11.5 Å². The number of aryl methyl sites for hydroxylation is 1. The zero-order chi connectivity index (χ0) is 22.7. The Kier molecular flexibility index (Phi) is 5.98. The average molecular weight is 435 g/mol. The highest BCUT2D eigenvalue weighted by Crippen LogP contribution is 2.29. The first-order valence-corrected chi connectivity index (χ1v) is 10.1. The van der Waals surface area contributed by atoms with Gasteiger partial charge in [-0.3, -0.25) is 14.2 Å². The molecule has 3 heterocycles. The summed E-state index contributed by atoms with van der Waals surface area (Å²) in [6, 6.07) is 11.0. The molecule has 0 saturated heterocycles. The molecule has 1 amide bonds. The second kappa shape index (κ2) is 9.01. The van der Waals surface area contributed by atoms with Crippen molar-refractivity contribution in [1.82, 2.24) is 19.6 Å². The van der Waals surface area contributed by atoms with Crippen molar-refractivity contribution in [3.05, 3.63) is 77.3 Å². The van der Waals surface area contributed by atoms with Gasteiger partial charge in [0, 0.05) is 12.4 Å². The average Bonchev–Trinajstić information content (AvgIpc) is 3.53. The molecule has 0 unspecified atom stereocenters. The minimum absolute atomic E-state index is 0.235. The predicted octanol–water partition coefficient (Wildman–Crippen LogP) is 3.66. The molecule has 9 nitrogen and oxygen atoms in total. The van der Waals surface area contributed by atoms with Gasteiger partial charge in [0.15, 0.2) is 17.3 Å². The molecule has 0 spiro atoms. The number of aromatic nitrogens is 4. The number of ether oxygens (including phenoxy) is 2. The fourth-order valence-corrected chi connectivity index (χ4v) is 3.50. The standard InChI is InChI=1S/C23H25N5O4/c1-15-22(25-23(29)20-9-7-18(32-20)14-27-11-5-10-24-27)16(2)28(26-15)13-17-6-8-19(30-3)21(12-17)31-4/h5-12H,13-14H2,1-4H3,(H,25,29). The van der Waals surface area contributed by atoms with Crippen LogP contribution in [-0.2, 0) is 13.1 Å². The van der Waals surface area contributed by atoms with Crippen LogP contribution in [0.15, 0.2) is 53.2 Å². The largest absolute Gasteiger partial charge is 0.493 e. The van der Waals surface area contributed by atoms with Crippen LogP contribution in [-0.4, -0.2) is 39.7 Å². The molecule has 0 aliphatic heterocycles. The Hall–Kier alpha value is -4.01. The van der Waals surface area contributed by atoms with E-state index in [4.69, 9.17) is 13.9 Å². The maximum atomic E-state index is 12.8. The lowest BCUT2D eigenvalue weighted by atomic mass is 10.2. The summed E-state index contributed by atoms with van der Waals surface area (Å²) in [4.78, 5) is 12.8. The van der Waals surface area contributed by atoms with Gasteiger partial charge in [-0.25, -0.2) is 0 Å². The van der Waals surface area contributed by atoms with Crippen LogP contribution in [0.1, 0.15) is 33.3 Å². The van der Waals surface area contributed by atoms with Crippen molar-refractivity contribution in [2.24, 2.45) is 0 Å². The summed E-state index contributed by atoms with van der Waals surface area (Å²) in [5.41, 5.74) is 3.23. The van der Waals surface area contributed by atoms with E-state index >= 15 is 0 Å². The number of amides is 1. The number of carbonyl (C=O) groups is 1. The molecule has 1 N–H and O–H groups in total. The quantitative estimate of drug-likeness (QED) is 0.454. The summed E-state index contributed by atoms with van der Waals surface area (Å²) < 4.78 is 19.9. The Bertz CT molecular complexity index is 1220. The number of rotatable bonds is 8. The van der Waals surface area contributed by atoms with E-state index in [9.17, 15) is 4.79 Å². The fourth-order valence-electron chi connectivity index (χ4n) is 3.50. The molecule has 0 atom stereocenters. The van der Waals surface area contributed by atoms with Crippen molar-refractivity contribution in [3.63, 3.8) is 0 Å². The van der Waals surface area contributed by atoms with Crippen LogP contribution in [0.5, 0.6) is 11.5 Å². The molecule has 166 valence electrons. The Morgan fingerprint density at radius 2 is 1.91 bits per heavy atom. The van der Waals surface area contributed by atoms with Crippen LogP contribution in [0.4, 0.5) is 5.69 Å². The number of hydrogen-bond acceptors (Lipinski definition) is 6. The van der Waals surface area contributed by atoms with Crippen molar-refractivity contribution < 1.29 is 18.7 Å². The summed E-state index contributed by atoms with van der Waals surface area (Å²) >= 11 is 0. The highest BCUT2D eigenvalue weighted by molar-refractivity contribution is 6.02. The van der Waals surface area contributed by atoms with Crippen LogP contribution in [0.25, 0.3) is 0 Å². The van der Waals surface area contributed by atoms with Crippen LogP contribution >= 0.6 is 0 Å². The topological polar surface area (TPSA) is 96.3 Å². The molecule has 0 fully saturated rings. The number of anilines is 1. The Morgan fingerprint density at radius 3 is 2.62 bits per heavy atom. The summed E-state index contributed by atoms with van der Waals surface area (Å²) in [5.74, 6) is 1.88.